The number of hydrogen-bond donors (Lipinski definition) is 2. The van der Waals surface area contributed by atoms with E-state index in [0.717, 1.165) is 28.5 Å². The Balaban J connectivity index is 2.85. The predicted octanol–water partition coefficient (Wildman–Crippen LogP) is 2.37. The molecule has 1 aromatic heterocycles. The molecule has 1 aromatic rings. The van der Waals surface area contributed by atoms with E-state index in [1.807, 2.05) is 13.8 Å². The smallest absolute Gasteiger partial charge is 0.124 e. The molecular formula is C10H18N2OS. The van der Waals surface area contributed by atoms with Crippen LogP contribution in [-0.2, 0) is 6.42 Å². The molecule has 0 aliphatic rings. The number of anilines is 1. The minimum Gasteiger partial charge on any atom is -0.389 e. The topological polar surface area (TPSA) is 59.1 Å². The number of aliphatic hydroxyl groups is 1. The Morgan fingerprint density at radius 1 is 1.50 bits per heavy atom. The van der Waals surface area contributed by atoms with Crippen molar-refractivity contribution in [2.75, 3.05) is 5.73 Å². The molecule has 2 atom stereocenters. The minimum atomic E-state index is -0.465. The van der Waals surface area contributed by atoms with Crippen LogP contribution < -0.4 is 5.73 Å². The molecule has 0 saturated heterocycles. The molecule has 0 saturated carbocycles. The van der Waals surface area contributed by atoms with Crippen LogP contribution in [0.25, 0.3) is 0 Å². The summed E-state index contributed by atoms with van der Waals surface area (Å²) in [5.41, 5.74) is 6.69. The van der Waals surface area contributed by atoms with Crippen LogP contribution in [0.4, 0.5) is 5.00 Å². The molecule has 2 unspecified atom stereocenters. The van der Waals surface area contributed by atoms with Crippen molar-refractivity contribution in [3.63, 3.8) is 0 Å². The molecule has 0 aliphatic heterocycles. The second-order valence-corrected chi connectivity index (χ2v) is 4.61. The second kappa shape index (κ2) is 4.75. The van der Waals surface area contributed by atoms with E-state index in [1.165, 1.54) is 11.3 Å². The fourth-order valence-electron chi connectivity index (χ4n) is 1.23. The van der Waals surface area contributed by atoms with E-state index in [4.69, 9.17) is 5.73 Å². The summed E-state index contributed by atoms with van der Waals surface area (Å²) < 4.78 is 0. The molecule has 0 amide bonds. The van der Waals surface area contributed by atoms with Crippen molar-refractivity contribution >= 4 is 16.3 Å². The first-order chi connectivity index (χ1) is 6.60. The number of thiazole rings is 1. The number of aryl methyl sites for hydroxylation is 1. The molecule has 14 heavy (non-hydrogen) atoms. The highest BCUT2D eigenvalue weighted by Gasteiger charge is 2.19. The van der Waals surface area contributed by atoms with Gasteiger partial charge in [-0.3, -0.25) is 0 Å². The van der Waals surface area contributed by atoms with Gasteiger partial charge in [0, 0.05) is 0 Å². The van der Waals surface area contributed by atoms with E-state index in [-0.39, 0.29) is 5.92 Å². The lowest BCUT2D eigenvalue weighted by Crippen LogP contribution is -2.07. The molecule has 0 bridgehead atoms. The highest BCUT2D eigenvalue weighted by Crippen LogP contribution is 2.31. The number of rotatable bonds is 4. The maximum Gasteiger partial charge on any atom is 0.124 e. The average Bonchev–Trinajstić information content (AvgIpc) is 2.57. The van der Waals surface area contributed by atoms with Gasteiger partial charge in [-0.05, 0) is 12.3 Å². The van der Waals surface area contributed by atoms with Gasteiger partial charge in [-0.15, -0.1) is 0 Å². The Labute approximate surface area is 89.0 Å². The van der Waals surface area contributed by atoms with E-state index in [1.54, 1.807) is 0 Å². The third-order valence-corrected chi connectivity index (χ3v) is 3.51. The summed E-state index contributed by atoms with van der Waals surface area (Å²) in [6.07, 6.45) is 1.31. The molecule has 80 valence electrons. The van der Waals surface area contributed by atoms with Crippen LogP contribution in [-0.4, -0.2) is 10.1 Å². The molecular weight excluding hydrogens is 196 g/mol. The van der Waals surface area contributed by atoms with Crippen molar-refractivity contribution in [1.82, 2.24) is 4.98 Å². The van der Waals surface area contributed by atoms with Crippen LogP contribution in [0.1, 0.15) is 44.0 Å². The van der Waals surface area contributed by atoms with Crippen molar-refractivity contribution in [1.29, 1.82) is 0 Å². The molecule has 0 radical (unpaired) electrons. The van der Waals surface area contributed by atoms with Gasteiger partial charge in [-0.1, -0.05) is 38.5 Å². The van der Waals surface area contributed by atoms with E-state index in [9.17, 15) is 5.11 Å². The van der Waals surface area contributed by atoms with E-state index < -0.39 is 6.10 Å². The third-order valence-electron chi connectivity index (χ3n) is 2.51. The highest BCUT2D eigenvalue weighted by molar-refractivity contribution is 7.15. The number of nitrogens with zero attached hydrogens (tertiary/aromatic N) is 1. The minimum absolute atomic E-state index is 0.241. The molecule has 0 aliphatic carbocycles. The summed E-state index contributed by atoms with van der Waals surface area (Å²) in [4.78, 5) is 4.34. The quantitative estimate of drug-likeness (QED) is 0.809. The first-order valence-corrected chi connectivity index (χ1v) is 5.84. The Kier molecular flexibility index (Phi) is 3.89. The summed E-state index contributed by atoms with van der Waals surface area (Å²) in [6.45, 7) is 6.10. The fraction of sp³-hybridized carbons (Fsp3) is 0.700. The lowest BCUT2D eigenvalue weighted by atomic mass is 10.0. The zero-order valence-electron chi connectivity index (χ0n) is 8.95. The van der Waals surface area contributed by atoms with Crippen molar-refractivity contribution < 1.29 is 5.11 Å². The molecule has 3 nitrogen and oxygen atoms in total. The second-order valence-electron chi connectivity index (χ2n) is 3.55. The Morgan fingerprint density at radius 3 is 2.57 bits per heavy atom. The summed E-state index contributed by atoms with van der Waals surface area (Å²) in [6, 6.07) is 0. The van der Waals surface area contributed by atoms with Crippen molar-refractivity contribution in [3.05, 3.63) is 10.7 Å². The number of aliphatic hydroxyl groups excluding tert-OH is 1. The van der Waals surface area contributed by atoms with Crippen molar-refractivity contribution in [3.8, 4) is 0 Å². The van der Waals surface area contributed by atoms with Crippen LogP contribution in [0.3, 0.4) is 0 Å². The standard InChI is InChI=1S/C10H18N2OS/c1-4-6(3)8(13)10-12-7(5-2)9(11)14-10/h6,8,13H,4-5,11H2,1-3H3. The largest absolute Gasteiger partial charge is 0.389 e. The third kappa shape index (κ3) is 2.25. The lowest BCUT2D eigenvalue weighted by Gasteiger charge is -2.13. The first-order valence-electron chi connectivity index (χ1n) is 5.03. The van der Waals surface area contributed by atoms with Gasteiger partial charge in [0.05, 0.1) is 5.69 Å². The van der Waals surface area contributed by atoms with Gasteiger partial charge < -0.3 is 10.8 Å². The number of aromatic nitrogens is 1. The average molecular weight is 214 g/mol. The molecule has 0 fully saturated rings. The predicted molar refractivity (Wildman–Crippen MR) is 60.3 cm³/mol. The number of hydrogen-bond acceptors (Lipinski definition) is 4. The molecule has 0 spiro atoms. The van der Waals surface area contributed by atoms with Gasteiger partial charge in [0.25, 0.3) is 0 Å². The van der Waals surface area contributed by atoms with E-state index in [0.29, 0.717) is 0 Å². The van der Waals surface area contributed by atoms with Gasteiger partial charge in [0.2, 0.25) is 0 Å². The number of nitrogens with two attached hydrogens (primary N) is 1. The summed E-state index contributed by atoms with van der Waals surface area (Å²) in [7, 11) is 0. The zero-order chi connectivity index (χ0) is 10.7. The van der Waals surface area contributed by atoms with Crippen LogP contribution in [0.5, 0.6) is 0 Å². The van der Waals surface area contributed by atoms with Gasteiger partial charge in [0.15, 0.2) is 0 Å². The Bertz CT molecular complexity index is 298. The molecule has 4 heteroatoms. The molecule has 0 aromatic carbocycles. The van der Waals surface area contributed by atoms with Gasteiger partial charge in [-0.25, -0.2) is 4.98 Å². The Morgan fingerprint density at radius 2 is 2.14 bits per heavy atom. The van der Waals surface area contributed by atoms with E-state index in [2.05, 4.69) is 11.9 Å². The maximum absolute atomic E-state index is 9.91. The summed E-state index contributed by atoms with van der Waals surface area (Å²) >= 11 is 1.41. The highest BCUT2D eigenvalue weighted by atomic mass is 32.1. The normalized spacial score (nSPS) is 15.4. The lowest BCUT2D eigenvalue weighted by molar-refractivity contribution is 0.115. The molecule has 3 N–H and O–H groups in total. The van der Waals surface area contributed by atoms with Gasteiger partial charge in [0.1, 0.15) is 16.1 Å². The fourth-order valence-corrected chi connectivity index (χ4v) is 2.27. The van der Waals surface area contributed by atoms with Crippen LogP contribution in [0.15, 0.2) is 0 Å². The maximum atomic E-state index is 9.91. The first kappa shape index (κ1) is 11.5. The summed E-state index contributed by atoms with van der Waals surface area (Å²) in [5.74, 6) is 0.241. The summed E-state index contributed by atoms with van der Waals surface area (Å²) in [5, 5.41) is 11.4. The number of nitrogen functional groups attached to an aromatic ring is 1. The van der Waals surface area contributed by atoms with Crippen LogP contribution in [0.2, 0.25) is 0 Å². The van der Waals surface area contributed by atoms with Gasteiger partial charge >= 0.3 is 0 Å². The Hall–Kier alpha value is -0.610. The zero-order valence-corrected chi connectivity index (χ0v) is 9.77. The van der Waals surface area contributed by atoms with Crippen molar-refractivity contribution in [2.45, 2.75) is 39.7 Å². The van der Waals surface area contributed by atoms with Crippen molar-refractivity contribution in [2.24, 2.45) is 5.92 Å². The monoisotopic (exact) mass is 214 g/mol. The van der Waals surface area contributed by atoms with Gasteiger partial charge in [-0.2, -0.15) is 0 Å². The molecule has 1 heterocycles. The van der Waals surface area contributed by atoms with Crippen LogP contribution in [0, 0.1) is 5.92 Å². The van der Waals surface area contributed by atoms with E-state index >= 15 is 0 Å². The van der Waals surface area contributed by atoms with Crippen LogP contribution >= 0.6 is 11.3 Å². The SMILES string of the molecule is CCc1nc(C(O)C(C)CC)sc1N. The molecule has 1 rings (SSSR count).